The number of rotatable bonds is 14. The van der Waals surface area contributed by atoms with Gasteiger partial charge in [-0.05, 0) is 38.2 Å². The predicted octanol–water partition coefficient (Wildman–Crippen LogP) is 5.07. The highest BCUT2D eigenvalue weighted by atomic mass is 16.4. The Balaban J connectivity index is 3.80. The maximum atomic E-state index is 10.4. The SMILES string of the molecule is CCCCCC=CCC(O)=CCC=CC=CC(O)CCCC(=O)O. The Kier molecular flexibility index (Phi) is 14.9. The van der Waals surface area contributed by atoms with Crippen molar-refractivity contribution >= 4 is 5.97 Å². The third-order valence-electron chi connectivity index (χ3n) is 3.43. The smallest absolute Gasteiger partial charge is 0.303 e. The molecule has 0 bridgehead atoms. The molecule has 0 fully saturated rings. The molecule has 3 N–H and O–H groups in total. The van der Waals surface area contributed by atoms with Crippen LogP contribution in [-0.2, 0) is 4.79 Å². The number of allylic oxidation sites excluding steroid dienone is 6. The molecule has 0 amide bonds. The average molecular weight is 336 g/mol. The molecule has 0 aromatic heterocycles. The van der Waals surface area contributed by atoms with Gasteiger partial charge in [0.1, 0.15) is 0 Å². The fraction of sp³-hybridized carbons (Fsp3) is 0.550. The van der Waals surface area contributed by atoms with Gasteiger partial charge < -0.3 is 15.3 Å². The maximum Gasteiger partial charge on any atom is 0.303 e. The Morgan fingerprint density at radius 2 is 1.83 bits per heavy atom. The van der Waals surface area contributed by atoms with Crippen molar-refractivity contribution in [1.29, 1.82) is 0 Å². The van der Waals surface area contributed by atoms with Crippen molar-refractivity contribution in [2.45, 2.75) is 70.8 Å². The minimum absolute atomic E-state index is 0.0812. The lowest BCUT2D eigenvalue weighted by Gasteiger charge is -2.02. The van der Waals surface area contributed by atoms with Crippen LogP contribution in [-0.4, -0.2) is 27.4 Å². The lowest BCUT2D eigenvalue weighted by atomic mass is 10.1. The van der Waals surface area contributed by atoms with E-state index >= 15 is 0 Å². The summed E-state index contributed by atoms with van der Waals surface area (Å²) in [6.45, 7) is 2.18. The van der Waals surface area contributed by atoms with Crippen molar-refractivity contribution in [2.24, 2.45) is 0 Å². The molecule has 0 aromatic carbocycles. The molecule has 0 saturated carbocycles. The summed E-state index contributed by atoms with van der Waals surface area (Å²) in [6, 6.07) is 0. The van der Waals surface area contributed by atoms with Crippen LogP contribution in [0.5, 0.6) is 0 Å². The molecule has 0 rings (SSSR count). The van der Waals surface area contributed by atoms with Crippen LogP contribution < -0.4 is 0 Å². The van der Waals surface area contributed by atoms with E-state index < -0.39 is 12.1 Å². The third kappa shape index (κ3) is 16.6. The number of carboxylic acids is 1. The van der Waals surface area contributed by atoms with Crippen molar-refractivity contribution < 1.29 is 20.1 Å². The zero-order chi connectivity index (χ0) is 18.0. The van der Waals surface area contributed by atoms with E-state index in [0.717, 1.165) is 6.42 Å². The van der Waals surface area contributed by atoms with E-state index in [9.17, 15) is 15.0 Å². The van der Waals surface area contributed by atoms with E-state index in [1.807, 2.05) is 18.2 Å². The summed E-state index contributed by atoms with van der Waals surface area (Å²) in [6.07, 6.45) is 19.3. The first kappa shape index (κ1) is 22.2. The Morgan fingerprint density at radius 3 is 2.54 bits per heavy atom. The monoisotopic (exact) mass is 336 g/mol. The number of carboxylic acid groups (broad SMARTS) is 1. The second-order valence-corrected chi connectivity index (χ2v) is 5.77. The molecule has 0 aliphatic carbocycles. The van der Waals surface area contributed by atoms with Gasteiger partial charge in [0, 0.05) is 12.8 Å². The Hall–Kier alpha value is -1.81. The van der Waals surface area contributed by atoms with Gasteiger partial charge in [0.25, 0.3) is 0 Å². The van der Waals surface area contributed by atoms with Gasteiger partial charge in [0.05, 0.1) is 11.9 Å². The molecule has 0 aromatic rings. The first-order chi connectivity index (χ1) is 11.6. The van der Waals surface area contributed by atoms with Crippen molar-refractivity contribution in [2.75, 3.05) is 0 Å². The summed E-state index contributed by atoms with van der Waals surface area (Å²) in [5, 5.41) is 27.8. The van der Waals surface area contributed by atoms with Gasteiger partial charge in [-0.3, -0.25) is 4.79 Å². The molecule has 0 aliphatic heterocycles. The zero-order valence-electron chi connectivity index (χ0n) is 14.7. The number of aliphatic hydroxyl groups is 2. The highest BCUT2D eigenvalue weighted by Crippen LogP contribution is 2.05. The Morgan fingerprint density at radius 1 is 1.04 bits per heavy atom. The van der Waals surface area contributed by atoms with Crippen LogP contribution in [0, 0.1) is 0 Å². The van der Waals surface area contributed by atoms with E-state index in [-0.39, 0.29) is 6.42 Å². The molecule has 0 spiro atoms. The lowest BCUT2D eigenvalue weighted by molar-refractivity contribution is -0.137. The number of hydrogen-bond acceptors (Lipinski definition) is 3. The molecule has 0 heterocycles. The lowest BCUT2D eigenvalue weighted by Crippen LogP contribution is -2.03. The first-order valence-electron chi connectivity index (χ1n) is 8.82. The second kappa shape index (κ2) is 16.1. The van der Waals surface area contributed by atoms with Crippen LogP contribution in [0.15, 0.2) is 48.3 Å². The quantitative estimate of drug-likeness (QED) is 0.179. The molecule has 0 radical (unpaired) electrons. The normalized spacial score (nSPS) is 14.2. The molecule has 24 heavy (non-hydrogen) atoms. The maximum absolute atomic E-state index is 10.4. The molecule has 0 saturated heterocycles. The minimum atomic E-state index is -0.839. The van der Waals surface area contributed by atoms with E-state index in [1.165, 1.54) is 19.3 Å². The van der Waals surface area contributed by atoms with Crippen LogP contribution in [0.25, 0.3) is 0 Å². The van der Waals surface area contributed by atoms with Crippen LogP contribution >= 0.6 is 0 Å². The summed E-state index contributed by atoms with van der Waals surface area (Å²) >= 11 is 0. The van der Waals surface area contributed by atoms with Crippen LogP contribution in [0.4, 0.5) is 0 Å². The number of unbranched alkanes of at least 4 members (excludes halogenated alkanes) is 3. The first-order valence-corrected chi connectivity index (χ1v) is 8.82. The summed E-state index contributed by atoms with van der Waals surface area (Å²) < 4.78 is 0. The Bertz CT molecular complexity index is 433. The van der Waals surface area contributed by atoms with Gasteiger partial charge in [0.2, 0.25) is 0 Å². The third-order valence-corrected chi connectivity index (χ3v) is 3.43. The van der Waals surface area contributed by atoms with E-state index in [2.05, 4.69) is 13.0 Å². The molecule has 0 aliphatic rings. The van der Waals surface area contributed by atoms with Gasteiger partial charge >= 0.3 is 5.97 Å². The van der Waals surface area contributed by atoms with Crippen LogP contribution in [0.1, 0.15) is 64.7 Å². The molecule has 136 valence electrons. The Labute approximate surface area is 145 Å². The van der Waals surface area contributed by atoms with Gasteiger partial charge in [-0.1, -0.05) is 56.2 Å². The molecular formula is C20H32O4. The molecular weight excluding hydrogens is 304 g/mol. The average Bonchev–Trinajstić information content (AvgIpc) is 2.53. The van der Waals surface area contributed by atoms with E-state index in [0.29, 0.717) is 31.4 Å². The number of hydrogen-bond donors (Lipinski definition) is 3. The summed E-state index contributed by atoms with van der Waals surface area (Å²) in [7, 11) is 0. The molecule has 1 unspecified atom stereocenters. The number of carbonyl (C=O) groups is 1. The summed E-state index contributed by atoms with van der Waals surface area (Å²) in [5.74, 6) is -0.474. The van der Waals surface area contributed by atoms with Crippen LogP contribution in [0.2, 0.25) is 0 Å². The minimum Gasteiger partial charge on any atom is -0.512 e. The standard InChI is InChI=1S/C20H32O4/c1-2-3-4-5-6-9-13-18(21)14-10-7-8-11-15-19(22)16-12-17-20(23)24/h6-9,11,14-15,19,21-22H,2-5,10,12-13,16-17H2,1H3,(H,23,24). The fourth-order valence-electron chi connectivity index (χ4n) is 2.03. The largest absolute Gasteiger partial charge is 0.512 e. The number of aliphatic carboxylic acids is 1. The highest BCUT2D eigenvalue weighted by Gasteiger charge is 2.01. The topological polar surface area (TPSA) is 77.8 Å². The molecule has 1 atom stereocenters. The van der Waals surface area contributed by atoms with Gasteiger partial charge in [-0.15, -0.1) is 0 Å². The van der Waals surface area contributed by atoms with Crippen molar-refractivity contribution in [1.82, 2.24) is 0 Å². The van der Waals surface area contributed by atoms with Crippen LogP contribution in [0.3, 0.4) is 0 Å². The molecule has 4 nitrogen and oxygen atoms in total. The summed E-state index contributed by atoms with van der Waals surface area (Å²) in [5.41, 5.74) is 0. The highest BCUT2D eigenvalue weighted by molar-refractivity contribution is 5.66. The van der Waals surface area contributed by atoms with E-state index in [1.54, 1.807) is 18.2 Å². The fourth-order valence-corrected chi connectivity index (χ4v) is 2.03. The van der Waals surface area contributed by atoms with Gasteiger partial charge in [0.15, 0.2) is 0 Å². The van der Waals surface area contributed by atoms with Crippen molar-refractivity contribution in [3.8, 4) is 0 Å². The number of aliphatic hydroxyl groups excluding tert-OH is 2. The second-order valence-electron chi connectivity index (χ2n) is 5.77. The zero-order valence-corrected chi connectivity index (χ0v) is 14.7. The van der Waals surface area contributed by atoms with Crippen molar-refractivity contribution in [3.05, 3.63) is 48.3 Å². The van der Waals surface area contributed by atoms with E-state index in [4.69, 9.17) is 5.11 Å². The summed E-state index contributed by atoms with van der Waals surface area (Å²) in [4.78, 5) is 10.4. The molecule has 4 heteroatoms. The predicted molar refractivity (Wildman–Crippen MR) is 99.0 cm³/mol. The van der Waals surface area contributed by atoms with Gasteiger partial charge in [-0.2, -0.15) is 0 Å². The van der Waals surface area contributed by atoms with Crippen molar-refractivity contribution in [3.63, 3.8) is 0 Å². The van der Waals surface area contributed by atoms with Gasteiger partial charge in [-0.25, -0.2) is 0 Å².